The predicted molar refractivity (Wildman–Crippen MR) is 77.8 cm³/mol. The van der Waals surface area contributed by atoms with Crippen molar-refractivity contribution in [3.05, 3.63) is 35.4 Å². The molecule has 3 rings (SSSR count). The van der Waals surface area contributed by atoms with Gasteiger partial charge in [-0.3, -0.25) is 9.59 Å². The molecule has 2 aliphatic heterocycles. The minimum atomic E-state index is -0.277. The van der Waals surface area contributed by atoms with Gasteiger partial charge >= 0.3 is 0 Å². The summed E-state index contributed by atoms with van der Waals surface area (Å²) in [5, 5.41) is 2.85. The molecule has 0 saturated carbocycles. The Kier molecular flexibility index (Phi) is 4.20. The van der Waals surface area contributed by atoms with Crippen molar-refractivity contribution >= 4 is 11.8 Å². The summed E-state index contributed by atoms with van der Waals surface area (Å²) in [4.78, 5) is 25.7. The normalized spacial score (nSPS) is 21.0. The summed E-state index contributed by atoms with van der Waals surface area (Å²) in [6.07, 6.45) is 2.72. The molecule has 0 unspecified atom stereocenters. The molecule has 21 heavy (non-hydrogen) atoms. The Bertz CT molecular complexity index is 517. The van der Waals surface area contributed by atoms with Gasteiger partial charge in [-0.1, -0.05) is 12.1 Å². The van der Waals surface area contributed by atoms with Crippen LogP contribution in [-0.4, -0.2) is 42.5 Å². The topological polar surface area (TPSA) is 58.6 Å². The van der Waals surface area contributed by atoms with Gasteiger partial charge in [-0.05, 0) is 30.5 Å². The van der Waals surface area contributed by atoms with E-state index in [0.29, 0.717) is 18.7 Å². The smallest absolute Gasteiger partial charge is 0.253 e. The highest BCUT2D eigenvalue weighted by Crippen LogP contribution is 2.14. The van der Waals surface area contributed by atoms with Gasteiger partial charge in [0.25, 0.3) is 5.91 Å². The Hall–Kier alpha value is -1.88. The van der Waals surface area contributed by atoms with Crippen molar-refractivity contribution in [2.45, 2.75) is 31.9 Å². The maximum absolute atomic E-state index is 12.2. The van der Waals surface area contributed by atoms with E-state index < -0.39 is 0 Å². The summed E-state index contributed by atoms with van der Waals surface area (Å²) in [7, 11) is 0. The van der Waals surface area contributed by atoms with Crippen LogP contribution in [0.3, 0.4) is 0 Å². The minimum Gasteiger partial charge on any atom is -0.368 e. The third-order valence-electron chi connectivity index (χ3n) is 4.05. The summed E-state index contributed by atoms with van der Waals surface area (Å²) in [5.74, 6) is 0.0458. The standard InChI is InChI=1S/C16H20N2O3/c19-15(14-7-10-21-14)17-11-12-3-5-13(6-4-12)16(20)18-8-1-2-9-18/h3-6,14H,1-2,7-11H2,(H,17,19)/t14-/m0/s1. The number of nitrogens with one attached hydrogen (secondary N) is 1. The summed E-state index contributed by atoms with van der Waals surface area (Å²) in [6.45, 7) is 2.86. The van der Waals surface area contributed by atoms with Gasteiger partial charge < -0.3 is 15.0 Å². The van der Waals surface area contributed by atoms with Crippen molar-refractivity contribution in [2.24, 2.45) is 0 Å². The van der Waals surface area contributed by atoms with E-state index in [2.05, 4.69) is 5.32 Å². The molecular weight excluding hydrogens is 268 g/mol. The fourth-order valence-corrected chi connectivity index (χ4v) is 2.61. The highest BCUT2D eigenvalue weighted by Gasteiger charge is 2.25. The number of nitrogens with zero attached hydrogens (tertiary/aromatic N) is 1. The molecule has 2 aliphatic rings. The van der Waals surface area contributed by atoms with Crippen LogP contribution in [0.15, 0.2) is 24.3 Å². The lowest BCUT2D eigenvalue weighted by atomic mass is 10.1. The van der Waals surface area contributed by atoms with Gasteiger partial charge in [0, 0.05) is 31.6 Å². The fraction of sp³-hybridized carbons (Fsp3) is 0.500. The molecule has 5 heteroatoms. The van der Waals surface area contributed by atoms with Crippen LogP contribution in [0, 0.1) is 0 Å². The summed E-state index contributed by atoms with van der Waals surface area (Å²) in [5.41, 5.74) is 1.70. The molecular formula is C16H20N2O3. The van der Waals surface area contributed by atoms with Crippen molar-refractivity contribution in [3.8, 4) is 0 Å². The Balaban J connectivity index is 1.53. The first-order valence-electron chi connectivity index (χ1n) is 7.51. The maximum Gasteiger partial charge on any atom is 0.253 e. The zero-order valence-corrected chi connectivity index (χ0v) is 12.0. The second kappa shape index (κ2) is 6.26. The molecule has 2 heterocycles. The largest absolute Gasteiger partial charge is 0.368 e. The first-order chi connectivity index (χ1) is 10.2. The molecule has 1 atom stereocenters. The zero-order valence-electron chi connectivity index (χ0n) is 12.0. The number of benzene rings is 1. The third-order valence-corrected chi connectivity index (χ3v) is 4.05. The van der Waals surface area contributed by atoms with Gasteiger partial charge in [-0.15, -0.1) is 0 Å². The van der Waals surface area contributed by atoms with Crippen LogP contribution in [0.4, 0.5) is 0 Å². The Labute approximate surface area is 124 Å². The summed E-state index contributed by atoms with van der Waals surface area (Å²) < 4.78 is 5.13. The van der Waals surface area contributed by atoms with Crippen LogP contribution >= 0.6 is 0 Å². The van der Waals surface area contributed by atoms with Gasteiger partial charge in [-0.25, -0.2) is 0 Å². The second-order valence-electron chi connectivity index (χ2n) is 5.56. The average Bonchev–Trinajstić information content (AvgIpc) is 2.97. The molecule has 0 aliphatic carbocycles. The number of hydrogen-bond acceptors (Lipinski definition) is 3. The molecule has 1 N–H and O–H groups in total. The average molecular weight is 288 g/mol. The maximum atomic E-state index is 12.2. The lowest BCUT2D eigenvalue weighted by Crippen LogP contribution is -2.42. The zero-order chi connectivity index (χ0) is 14.7. The molecule has 0 radical (unpaired) electrons. The molecule has 2 fully saturated rings. The number of hydrogen-bond donors (Lipinski definition) is 1. The Morgan fingerprint density at radius 2 is 1.86 bits per heavy atom. The first kappa shape index (κ1) is 14.1. The van der Waals surface area contributed by atoms with Crippen LogP contribution in [-0.2, 0) is 16.1 Å². The number of ether oxygens (including phenoxy) is 1. The minimum absolute atomic E-state index is 0.0570. The van der Waals surface area contributed by atoms with Crippen molar-refractivity contribution in [1.29, 1.82) is 0 Å². The van der Waals surface area contributed by atoms with Crippen molar-refractivity contribution in [1.82, 2.24) is 10.2 Å². The third kappa shape index (κ3) is 3.24. The number of carbonyl (C=O) groups excluding carboxylic acids is 2. The van der Waals surface area contributed by atoms with E-state index in [-0.39, 0.29) is 17.9 Å². The molecule has 0 spiro atoms. The lowest BCUT2D eigenvalue weighted by molar-refractivity contribution is -0.145. The van der Waals surface area contributed by atoms with Crippen LogP contribution in [0.5, 0.6) is 0 Å². The Morgan fingerprint density at radius 3 is 2.43 bits per heavy atom. The lowest BCUT2D eigenvalue weighted by Gasteiger charge is -2.25. The molecule has 2 amide bonds. The molecule has 0 aromatic heterocycles. The fourth-order valence-electron chi connectivity index (χ4n) is 2.61. The number of rotatable bonds is 4. The van der Waals surface area contributed by atoms with E-state index in [9.17, 15) is 9.59 Å². The van der Waals surface area contributed by atoms with E-state index in [0.717, 1.165) is 37.9 Å². The van der Waals surface area contributed by atoms with Crippen molar-refractivity contribution in [3.63, 3.8) is 0 Å². The summed E-state index contributed by atoms with van der Waals surface area (Å²) in [6, 6.07) is 7.46. The van der Waals surface area contributed by atoms with Gasteiger partial charge in [0.05, 0.1) is 6.61 Å². The van der Waals surface area contributed by atoms with E-state index in [1.807, 2.05) is 29.2 Å². The number of carbonyl (C=O) groups is 2. The van der Waals surface area contributed by atoms with Crippen LogP contribution in [0.2, 0.25) is 0 Å². The molecule has 112 valence electrons. The van der Waals surface area contributed by atoms with E-state index in [4.69, 9.17) is 4.74 Å². The van der Waals surface area contributed by atoms with Crippen LogP contribution in [0.1, 0.15) is 35.2 Å². The molecule has 5 nitrogen and oxygen atoms in total. The van der Waals surface area contributed by atoms with Gasteiger partial charge in [0.1, 0.15) is 6.10 Å². The molecule has 1 aromatic rings. The summed E-state index contributed by atoms with van der Waals surface area (Å²) >= 11 is 0. The van der Waals surface area contributed by atoms with E-state index in [1.165, 1.54) is 0 Å². The van der Waals surface area contributed by atoms with E-state index in [1.54, 1.807) is 0 Å². The van der Waals surface area contributed by atoms with Crippen molar-refractivity contribution in [2.75, 3.05) is 19.7 Å². The highest BCUT2D eigenvalue weighted by molar-refractivity contribution is 5.94. The van der Waals surface area contributed by atoms with Crippen molar-refractivity contribution < 1.29 is 14.3 Å². The van der Waals surface area contributed by atoms with Crippen LogP contribution < -0.4 is 5.32 Å². The predicted octanol–water partition coefficient (Wildman–Crippen LogP) is 1.33. The molecule has 0 bridgehead atoms. The Morgan fingerprint density at radius 1 is 1.19 bits per heavy atom. The monoisotopic (exact) mass is 288 g/mol. The first-order valence-corrected chi connectivity index (χ1v) is 7.51. The van der Waals surface area contributed by atoms with Gasteiger partial charge in [0.2, 0.25) is 5.91 Å². The molecule has 1 aromatic carbocycles. The van der Waals surface area contributed by atoms with Crippen LogP contribution in [0.25, 0.3) is 0 Å². The van der Waals surface area contributed by atoms with E-state index >= 15 is 0 Å². The molecule has 2 saturated heterocycles. The van der Waals surface area contributed by atoms with Gasteiger partial charge in [0.15, 0.2) is 0 Å². The van der Waals surface area contributed by atoms with Gasteiger partial charge in [-0.2, -0.15) is 0 Å². The number of amides is 2. The quantitative estimate of drug-likeness (QED) is 0.909. The highest BCUT2D eigenvalue weighted by atomic mass is 16.5. The second-order valence-corrected chi connectivity index (χ2v) is 5.56. The number of likely N-dealkylation sites (tertiary alicyclic amines) is 1. The SMILES string of the molecule is O=C(NCc1ccc(C(=O)N2CCCC2)cc1)[C@@H]1CCO1.